The van der Waals surface area contributed by atoms with Crippen LogP contribution in [0.15, 0.2) is 17.6 Å². The van der Waals surface area contributed by atoms with Gasteiger partial charge in [0.2, 0.25) is 0 Å². The van der Waals surface area contributed by atoms with Crippen molar-refractivity contribution >= 4 is 22.9 Å². The Bertz CT molecular complexity index is 601. The molecule has 1 aromatic heterocycles. The standard InChI is InChI=1S/C12H9ClN2OS/c1-7-3-8(13)4-9(12(7)16-2)11-10(5-14)17-6-15-11/h3-4,6H,1-2H3. The molecule has 0 aliphatic carbocycles. The van der Waals surface area contributed by atoms with Gasteiger partial charge in [-0.15, -0.1) is 11.3 Å². The second kappa shape index (κ2) is 4.74. The second-order valence-electron chi connectivity index (χ2n) is 3.45. The van der Waals surface area contributed by atoms with E-state index in [9.17, 15) is 0 Å². The number of ether oxygens (including phenoxy) is 1. The van der Waals surface area contributed by atoms with Crippen molar-refractivity contribution in [1.82, 2.24) is 4.98 Å². The highest BCUT2D eigenvalue weighted by atomic mass is 35.5. The monoisotopic (exact) mass is 264 g/mol. The van der Waals surface area contributed by atoms with Crippen LogP contribution in [0.25, 0.3) is 11.3 Å². The summed E-state index contributed by atoms with van der Waals surface area (Å²) in [6, 6.07) is 5.71. The van der Waals surface area contributed by atoms with Crippen molar-refractivity contribution in [2.75, 3.05) is 7.11 Å². The van der Waals surface area contributed by atoms with Gasteiger partial charge in [0.25, 0.3) is 0 Å². The van der Waals surface area contributed by atoms with Gasteiger partial charge in [0.1, 0.15) is 22.4 Å². The minimum absolute atomic E-state index is 0.560. The van der Waals surface area contributed by atoms with E-state index in [1.165, 1.54) is 11.3 Å². The van der Waals surface area contributed by atoms with Crippen LogP contribution in [-0.2, 0) is 0 Å². The van der Waals surface area contributed by atoms with Gasteiger partial charge in [0.05, 0.1) is 12.6 Å². The summed E-state index contributed by atoms with van der Waals surface area (Å²) in [6.07, 6.45) is 0. The van der Waals surface area contributed by atoms with E-state index in [-0.39, 0.29) is 0 Å². The van der Waals surface area contributed by atoms with Gasteiger partial charge in [-0.1, -0.05) is 11.6 Å². The molecule has 0 spiro atoms. The van der Waals surface area contributed by atoms with Crippen LogP contribution in [0.1, 0.15) is 10.4 Å². The molecule has 0 radical (unpaired) electrons. The topological polar surface area (TPSA) is 45.9 Å². The lowest BCUT2D eigenvalue weighted by molar-refractivity contribution is 0.413. The van der Waals surface area contributed by atoms with E-state index < -0.39 is 0 Å². The largest absolute Gasteiger partial charge is 0.496 e. The molecule has 86 valence electrons. The third-order valence-corrected chi connectivity index (χ3v) is 3.32. The van der Waals surface area contributed by atoms with Crippen LogP contribution in [0.4, 0.5) is 0 Å². The molecular weight excluding hydrogens is 256 g/mol. The zero-order chi connectivity index (χ0) is 12.4. The average Bonchev–Trinajstić information content (AvgIpc) is 2.75. The van der Waals surface area contributed by atoms with Crippen LogP contribution in [-0.4, -0.2) is 12.1 Å². The van der Waals surface area contributed by atoms with Crippen molar-refractivity contribution in [1.29, 1.82) is 5.26 Å². The van der Waals surface area contributed by atoms with E-state index in [1.807, 2.05) is 13.0 Å². The van der Waals surface area contributed by atoms with Crippen LogP contribution in [0.5, 0.6) is 5.75 Å². The van der Waals surface area contributed by atoms with Gasteiger partial charge in [-0.25, -0.2) is 4.98 Å². The zero-order valence-corrected chi connectivity index (χ0v) is 10.9. The molecule has 2 rings (SSSR count). The Morgan fingerprint density at radius 2 is 2.24 bits per heavy atom. The first-order chi connectivity index (χ1) is 8.17. The van der Waals surface area contributed by atoms with E-state index in [0.29, 0.717) is 21.3 Å². The summed E-state index contributed by atoms with van der Waals surface area (Å²) in [5, 5.41) is 9.62. The molecule has 0 amide bonds. The van der Waals surface area contributed by atoms with Crippen LogP contribution in [0, 0.1) is 18.3 Å². The molecule has 17 heavy (non-hydrogen) atoms. The number of methoxy groups -OCH3 is 1. The van der Waals surface area contributed by atoms with Gasteiger partial charge in [0.15, 0.2) is 0 Å². The summed E-state index contributed by atoms with van der Waals surface area (Å²) in [7, 11) is 1.60. The van der Waals surface area contributed by atoms with Crippen molar-refractivity contribution in [3.8, 4) is 23.1 Å². The summed E-state index contributed by atoms with van der Waals surface area (Å²) < 4.78 is 5.35. The predicted octanol–water partition coefficient (Wildman–Crippen LogP) is 3.65. The lowest BCUT2D eigenvalue weighted by atomic mass is 10.1. The number of aromatic nitrogens is 1. The Kier molecular flexibility index (Phi) is 3.32. The molecule has 0 N–H and O–H groups in total. The predicted molar refractivity (Wildman–Crippen MR) is 68.6 cm³/mol. The first kappa shape index (κ1) is 11.9. The molecule has 0 unspecified atom stereocenters. The Morgan fingerprint density at radius 1 is 1.47 bits per heavy atom. The molecular formula is C12H9ClN2OS. The number of nitriles is 1. The highest BCUT2D eigenvalue weighted by Crippen LogP contribution is 2.37. The van der Waals surface area contributed by atoms with Gasteiger partial charge < -0.3 is 4.74 Å². The van der Waals surface area contributed by atoms with E-state index in [4.69, 9.17) is 21.6 Å². The minimum Gasteiger partial charge on any atom is -0.496 e. The number of halogens is 1. The number of hydrogen-bond donors (Lipinski definition) is 0. The molecule has 0 aliphatic rings. The van der Waals surface area contributed by atoms with Gasteiger partial charge in [-0.05, 0) is 24.6 Å². The third-order valence-electron chi connectivity index (χ3n) is 2.37. The highest BCUT2D eigenvalue weighted by molar-refractivity contribution is 7.10. The number of aryl methyl sites for hydroxylation is 1. The fourth-order valence-corrected chi connectivity index (χ4v) is 2.56. The highest BCUT2D eigenvalue weighted by Gasteiger charge is 2.16. The number of thiazole rings is 1. The fourth-order valence-electron chi connectivity index (χ4n) is 1.69. The molecule has 0 atom stereocenters. The van der Waals surface area contributed by atoms with E-state index in [0.717, 1.165) is 11.1 Å². The van der Waals surface area contributed by atoms with Gasteiger partial charge in [0, 0.05) is 10.6 Å². The number of nitrogens with zero attached hydrogens (tertiary/aromatic N) is 2. The lowest BCUT2D eigenvalue weighted by Crippen LogP contribution is -1.93. The maximum atomic E-state index is 9.02. The molecule has 2 aromatic rings. The van der Waals surface area contributed by atoms with E-state index in [1.54, 1.807) is 18.7 Å². The van der Waals surface area contributed by atoms with E-state index >= 15 is 0 Å². The first-order valence-corrected chi connectivity index (χ1v) is 6.11. The molecule has 1 aromatic carbocycles. The molecule has 1 heterocycles. The Balaban J connectivity index is 2.71. The van der Waals surface area contributed by atoms with E-state index in [2.05, 4.69) is 11.1 Å². The summed E-state index contributed by atoms with van der Waals surface area (Å²) in [5.41, 5.74) is 3.95. The summed E-state index contributed by atoms with van der Waals surface area (Å²) in [4.78, 5) is 4.77. The van der Waals surface area contributed by atoms with Gasteiger partial charge in [-0.3, -0.25) is 0 Å². The molecule has 0 saturated heterocycles. The van der Waals surface area contributed by atoms with Crippen LogP contribution >= 0.6 is 22.9 Å². The van der Waals surface area contributed by atoms with Crippen molar-refractivity contribution in [2.45, 2.75) is 6.92 Å². The first-order valence-electron chi connectivity index (χ1n) is 4.85. The van der Waals surface area contributed by atoms with Crippen molar-refractivity contribution < 1.29 is 4.74 Å². The van der Waals surface area contributed by atoms with Crippen LogP contribution < -0.4 is 4.74 Å². The molecule has 3 nitrogen and oxygen atoms in total. The molecule has 5 heteroatoms. The quantitative estimate of drug-likeness (QED) is 0.832. The molecule has 0 bridgehead atoms. The SMILES string of the molecule is COc1c(C)cc(Cl)cc1-c1ncsc1C#N. The van der Waals surface area contributed by atoms with Gasteiger partial charge in [-0.2, -0.15) is 5.26 Å². The Labute approximate surface area is 108 Å². The van der Waals surface area contributed by atoms with Crippen molar-refractivity contribution in [3.05, 3.63) is 33.1 Å². The summed E-state index contributed by atoms with van der Waals surface area (Å²) in [6.45, 7) is 1.91. The fraction of sp³-hybridized carbons (Fsp3) is 0.167. The number of hydrogen-bond acceptors (Lipinski definition) is 4. The molecule has 0 aliphatic heterocycles. The Morgan fingerprint density at radius 3 is 2.88 bits per heavy atom. The molecule has 0 saturated carbocycles. The average molecular weight is 265 g/mol. The zero-order valence-electron chi connectivity index (χ0n) is 9.32. The smallest absolute Gasteiger partial charge is 0.132 e. The minimum atomic E-state index is 0.560. The summed E-state index contributed by atoms with van der Waals surface area (Å²) in [5.74, 6) is 0.705. The third kappa shape index (κ3) is 2.12. The summed E-state index contributed by atoms with van der Waals surface area (Å²) >= 11 is 7.33. The maximum Gasteiger partial charge on any atom is 0.132 e. The molecule has 0 fully saturated rings. The maximum absolute atomic E-state index is 9.02. The van der Waals surface area contributed by atoms with Crippen LogP contribution in [0.3, 0.4) is 0 Å². The second-order valence-corrected chi connectivity index (χ2v) is 4.74. The van der Waals surface area contributed by atoms with Crippen molar-refractivity contribution in [2.24, 2.45) is 0 Å². The Hall–Kier alpha value is -1.57. The van der Waals surface area contributed by atoms with Crippen molar-refractivity contribution in [3.63, 3.8) is 0 Å². The van der Waals surface area contributed by atoms with Crippen LogP contribution in [0.2, 0.25) is 5.02 Å². The lowest BCUT2D eigenvalue weighted by Gasteiger charge is -2.10. The van der Waals surface area contributed by atoms with Gasteiger partial charge >= 0.3 is 0 Å². The normalized spacial score (nSPS) is 10.0. The number of rotatable bonds is 2. The number of benzene rings is 1.